The average Bonchev–Trinajstić information content (AvgIpc) is 3.27. The van der Waals surface area contributed by atoms with Crippen LogP contribution in [0.15, 0.2) is 59.2 Å². The quantitative estimate of drug-likeness (QED) is 0.219. The second-order valence-corrected chi connectivity index (χ2v) is 9.57. The molecule has 0 radical (unpaired) electrons. The van der Waals surface area contributed by atoms with E-state index in [2.05, 4.69) is 20.7 Å². The van der Waals surface area contributed by atoms with Gasteiger partial charge in [0.2, 0.25) is 5.91 Å². The van der Waals surface area contributed by atoms with Gasteiger partial charge in [-0.15, -0.1) is 11.3 Å². The summed E-state index contributed by atoms with van der Waals surface area (Å²) < 4.78 is 10.6. The Morgan fingerprint density at radius 1 is 1.15 bits per heavy atom. The number of hydrogen-bond donors (Lipinski definition) is 1. The maximum Gasteiger partial charge on any atom is 0.238 e. The molecule has 1 atom stereocenters. The monoisotopic (exact) mass is 499 g/mol. The highest BCUT2D eigenvalue weighted by molar-refractivity contribution is 8.00. The largest absolute Gasteiger partial charge is 0.497 e. The van der Waals surface area contributed by atoms with E-state index in [-0.39, 0.29) is 11.2 Å². The van der Waals surface area contributed by atoms with Gasteiger partial charge in [0.25, 0.3) is 0 Å². The van der Waals surface area contributed by atoms with Gasteiger partial charge in [-0.25, -0.2) is 9.97 Å². The van der Waals surface area contributed by atoms with Crippen molar-refractivity contribution in [1.29, 1.82) is 0 Å². The van der Waals surface area contributed by atoms with E-state index in [0.29, 0.717) is 22.9 Å². The van der Waals surface area contributed by atoms with Crippen LogP contribution in [-0.4, -0.2) is 35.3 Å². The van der Waals surface area contributed by atoms with E-state index in [4.69, 9.17) is 21.1 Å². The number of methoxy groups -OCH3 is 2. The lowest BCUT2D eigenvalue weighted by Gasteiger charge is -2.17. The standard InChI is InChI=1S/C24H22ClN3O3S2/c1-4-20(22(29)28-18-11-15(25)7-10-19(18)31-3)33-24-21-17(12-32-23(21)26-13-27-24)14-5-8-16(30-2)9-6-14/h5-13,20H,4H2,1-3H3,(H,28,29). The maximum atomic E-state index is 13.1. The Bertz CT molecular complexity index is 1280. The smallest absolute Gasteiger partial charge is 0.238 e. The Morgan fingerprint density at radius 2 is 1.94 bits per heavy atom. The SMILES string of the molecule is CCC(Sc1ncnc2scc(-c3ccc(OC)cc3)c12)C(=O)Nc1cc(Cl)ccc1OC. The molecule has 170 valence electrons. The van der Waals surface area contributed by atoms with E-state index in [1.165, 1.54) is 11.8 Å². The topological polar surface area (TPSA) is 73.3 Å². The first kappa shape index (κ1) is 23.4. The number of carbonyl (C=O) groups is 1. The summed E-state index contributed by atoms with van der Waals surface area (Å²) in [5.74, 6) is 1.20. The summed E-state index contributed by atoms with van der Waals surface area (Å²) in [6, 6.07) is 13.0. The van der Waals surface area contributed by atoms with Crippen molar-refractivity contribution in [3.63, 3.8) is 0 Å². The molecule has 33 heavy (non-hydrogen) atoms. The third-order valence-corrected chi connectivity index (χ3v) is 7.56. The van der Waals surface area contributed by atoms with Gasteiger partial charge in [-0.05, 0) is 42.3 Å². The molecule has 0 aliphatic heterocycles. The van der Waals surface area contributed by atoms with Gasteiger partial charge in [-0.3, -0.25) is 4.79 Å². The second-order valence-electron chi connectivity index (χ2n) is 7.09. The van der Waals surface area contributed by atoms with Crippen LogP contribution in [0, 0.1) is 0 Å². The summed E-state index contributed by atoms with van der Waals surface area (Å²) in [5, 5.41) is 6.90. The highest BCUT2D eigenvalue weighted by Gasteiger charge is 2.23. The molecule has 0 aliphatic carbocycles. The number of nitrogens with zero attached hydrogens (tertiary/aromatic N) is 2. The minimum Gasteiger partial charge on any atom is -0.497 e. The predicted molar refractivity (Wildman–Crippen MR) is 136 cm³/mol. The fraction of sp³-hybridized carbons (Fsp3) is 0.208. The summed E-state index contributed by atoms with van der Waals surface area (Å²) in [6.07, 6.45) is 2.16. The van der Waals surface area contributed by atoms with Crippen LogP contribution in [0.3, 0.4) is 0 Å². The summed E-state index contributed by atoms with van der Waals surface area (Å²) in [6.45, 7) is 1.98. The first-order valence-electron chi connectivity index (χ1n) is 10.2. The van der Waals surface area contributed by atoms with Crippen LogP contribution in [-0.2, 0) is 4.79 Å². The number of halogens is 1. The molecule has 1 amide bonds. The summed E-state index contributed by atoms with van der Waals surface area (Å²) in [5.41, 5.74) is 2.61. The molecule has 0 spiro atoms. The average molecular weight is 500 g/mol. The van der Waals surface area contributed by atoms with Crippen LogP contribution >= 0.6 is 34.7 Å². The molecule has 0 aliphatic rings. The lowest BCUT2D eigenvalue weighted by Crippen LogP contribution is -2.25. The van der Waals surface area contributed by atoms with Crippen molar-refractivity contribution >= 4 is 56.5 Å². The molecule has 0 saturated carbocycles. The second kappa shape index (κ2) is 10.4. The normalized spacial score (nSPS) is 11.9. The minimum atomic E-state index is -0.365. The number of thiophene rings is 1. The zero-order valence-electron chi connectivity index (χ0n) is 18.3. The van der Waals surface area contributed by atoms with Crippen molar-refractivity contribution in [3.8, 4) is 22.6 Å². The van der Waals surface area contributed by atoms with Crippen molar-refractivity contribution < 1.29 is 14.3 Å². The molecule has 9 heteroatoms. The number of benzene rings is 2. The molecule has 0 fully saturated rings. The molecule has 0 bridgehead atoms. The number of thioether (sulfide) groups is 1. The number of hydrogen-bond acceptors (Lipinski definition) is 7. The first-order valence-corrected chi connectivity index (χ1v) is 12.4. The number of anilines is 1. The Kier molecular flexibility index (Phi) is 7.37. The predicted octanol–water partition coefficient (Wildman–Crippen LogP) is 6.54. The third-order valence-electron chi connectivity index (χ3n) is 5.07. The zero-order valence-corrected chi connectivity index (χ0v) is 20.7. The molecule has 1 unspecified atom stereocenters. The van der Waals surface area contributed by atoms with E-state index in [1.54, 1.807) is 50.1 Å². The zero-order chi connectivity index (χ0) is 23.4. The number of carbonyl (C=O) groups excluding carboxylic acids is 1. The van der Waals surface area contributed by atoms with E-state index in [0.717, 1.165) is 32.1 Å². The van der Waals surface area contributed by atoms with E-state index in [1.807, 2.05) is 31.2 Å². The molecule has 2 aromatic heterocycles. The highest BCUT2D eigenvalue weighted by atomic mass is 35.5. The maximum absolute atomic E-state index is 13.1. The minimum absolute atomic E-state index is 0.143. The Hall–Kier alpha value is -2.81. The van der Waals surface area contributed by atoms with E-state index in [9.17, 15) is 4.79 Å². The van der Waals surface area contributed by atoms with Gasteiger partial charge >= 0.3 is 0 Å². The Morgan fingerprint density at radius 3 is 2.64 bits per heavy atom. The summed E-state index contributed by atoms with van der Waals surface area (Å²) >= 11 is 9.10. The number of ether oxygens (including phenoxy) is 2. The van der Waals surface area contributed by atoms with Gasteiger partial charge in [-0.1, -0.05) is 42.4 Å². The molecular weight excluding hydrogens is 478 g/mol. The molecular formula is C24H22ClN3O3S2. The van der Waals surface area contributed by atoms with Crippen LogP contribution in [0.5, 0.6) is 11.5 Å². The number of amides is 1. The fourth-order valence-corrected chi connectivity index (χ4v) is 5.56. The molecule has 0 saturated heterocycles. The molecule has 4 rings (SSSR count). The number of fused-ring (bicyclic) bond motifs is 1. The fourth-order valence-electron chi connectivity index (χ4n) is 3.37. The van der Waals surface area contributed by atoms with Crippen LogP contribution in [0.25, 0.3) is 21.3 Å². The van der Waals surface area contributed by atoms with Crippen molar-refractivity contribution in [1.82, 2.24) is 9.97 Å². The molecule has 1 N–H and O–H groups in total. The van der Waals surface area contributed by atoms with Crippen LogP contribution in [0.1, 0.15) is 13.3 Å². The molecule has 2 aromatic carbocycles. The van der Waals surface area contributed by atoms with Crippen LogP contribution < -0.4 is 14.8 Å². The van der Waals surface area contributed by atoms with Crippen molar-refractivity contribution in [2.24, 2.45) is 0 Å². The summed E-state index contributed by atoms with van der Waals surface area (Å²) in [7, 11) is 3.20. The number of nitrogens with one attached hydrogen (secondary N) is 1. The van der Waals surface area contributed by atoms with Crippen molar-refractivity contribution in [3.05, 3.63) is 59.2 Å². The van der Waals surface area contributed by atoms with Crippen LogP contribution in [0.4, 0.5) is 5.69 Å². The van der Waals surface area contributed by atoms with Crippen LogP contribution in [0.2, 0.25) is 5.02 Å². The third kappa shape index (κ3) is 5.08. The highest BCUT2D eigenvalue weighted by Crippen LogP contribution is 2.40. The summed E-state index contributed by atoms with van der Waals surface area (Å²) in [4.78, 5) is 23.0. The van der Waals surface area contributed by atoms with E-state index >= 15 is 0 Å². The van der Waals surface area contributed by atoms with Gasteiger partial charge < -0.3 is 14.8 Å². The van der Waals surface area contributed by atoms with E-state index < -0.39 is 0 Å². The lowest BCUT2D eigenvalue weighted by atomic mass is 10.1. The van der Waals surface area contributed by atoms with Crippen molar-refractivity contribution in [2.45, 2.75) is 23.6 Å². The molecule has 2 heterocycles. The number of rotatable bonds is 8. The molecule has 4 aromatic rings. The lowest BCUT2D eigenvalue weighted by molar-refractivity contribution is -0.115. The van der Waals surface area contributed by atoms with Gasteiger partial charge in [-0.2, -0.15) is 0 Å². The van der Waals surface area contributed by atoms with Gasteiger partial charge in [0.15, 0.2) is 0 Å². The Labute approximate surface area is 205 Å². The molecule has 6 nitrogen and oxygen atoms in total. The Balaban J connectivity index is 1.64. The number of aromatic nitrogens is 2. The van der Waals surface area contributed by atoms with Crippen molar-refractivity contribution in [2.75, 3.05) is 19.5 Å². The van der Waals surface area contributed by atoms with Gasteiger partial charge in [0, 0.05) is 16.0 Å². The first-order chi connectivity index (χ1) is 16.0. The van der Waals surface area contributed by atoms with Gasteiger partial charge in [0.05, 0.1) is 30.5 Å². The van der Waals surface area contributed by atoms with Gasteiger partial charge in [0.1, 0.15) is 27.7 Å².